The Morgan fingerprint density at radius 1 is 0.193 bits per heavy atom. The molecule has 0 spiro atoms. The van der Waals surface area contributed by atoms with Crippen molar-refractivity contribution in [1.29, 1.82) is 0 Å². The van der Waals surface area contributed by atoms with Gasteiger partial charge in [-0.3, -0.25) is 0 Å². The molecule has 0 aliphatic heterocycles. The molecule has 0 fully saturated rings. The third-order valence-corrected chi connectivity index (χ3v) is 17.9. The molecule has 0 unspecified atom stereocenters. The zero-order valence-corrected chi connectivity index (χ0v) is 54.7. The number of rotatable bonds is 12. The molecule has 0 heterocycles. The van der Waals surface area contributed by atoms with Gasteiger partial charge in [0, 0.05) is 77.8 Å². The normalized spacial score (nSPS) is 12.3. The molecule has 0 saturated carbocycles. The van der Waals surface area contributed by atoms with Crippen LogP contribution in [0.1, 0.15) is 128 Å². The van der Waals surface area contributed by atoms with Crippen LogP contribution in [0, 0.1) is 27.7 Å². The third kappa shape index (κ3) is 11.4. The van der Waals surface area contributed by atoms with Crippen LogP contribution >= 0.6 is 0 Å². The fourth-order valence-electron chi connectivity index (χ4n) is 12.6. The van der Waals surface area contributed by atoms with Crippen LogP contribution in [0.2, 0.25) is 0 Å². The topological polar surface area (TPSA) is 13.0 Å². The van der Waals surface area contributed by atoms with Gasteiger partial charge in [-0.05, 0) is 181 Å². The quantitative estimate of drug-likeness (QED) is 0.113. The molecule has 442 valence electrons. The summed E-state index contributed by atoms with van der Waals surface area (Å²) in [4.78, 5) is 10.0. The largest absolute Gasteiger partial charge is 0.310 e. The lowest BCUT2D eigenvalue weighted by Gasteiger charge is -2.35. The highest BCUT2D eigenvalue weighted by atomic mass is 15.2. The highest BCUT2D eigenvalue weighted by Crippen LogP contribution is 2.55. The molecule has 88 heavy (non-hydrogen) atoms. The summed E-state index contributed by atoms with van der Waals surface area (Å²) in [7, 11) is 0. The first-order valence-corrected chi connectivity index (χ1v) is 31.5. The molecule has 0 bridgehead atoms. The predicted molar refractivity (Wildman–Crippen MR) is 383 cm³/mol. The molecule has 4 heteroatoms. The van der Waals surface area contributed by atoms with Crippen molar-refractivity contribution in [2.24, 2.45) is 0 Å². The van der Waals surface area contributed by atoms with Crippen LogP contribution in [-0.2, 0) is 21.7 Å². The second-order valence-corrected chi connectivity index (χ2v) is 28.8. The van der Waals surface area contributed by atoms with Crippen molar-refractivity contribution in [3.63, 3.8) is 0 Å². The van der Waals surface area contributed by atoms with Gasteiger partial charge in [-0.1, -0.05) is 227 Å². The number of hydrogen-bond acceptors (Lipinski definition) is 4. The van der Waals surface area contributed by atoms with Gasteiger partial charge in [0.2, 0.25) is 0 Å². The molecule has 0 atom stereocenters. The van der Waals surface area contributed by atoms with Crippen molar-refractivity contribution in [1.82, 2.24) is 0 Å². The van der Waals surface area contributed by atoms with Crippen LogP contribution in [0.15, 0.2) is 231 Å². The first-order valence-electron chi connectivity index (χ1n) is 31.5. The Bertz CT molecular complexity index is 3940. The van der Waals surface area contributed by atoms with Gasteiger partial charge < -0.3 is 19.6 Å². The van der Waals surface area contributed by atoms with Crippen molar-refractivity contribution in [3.05, 3.63) is 275 Å². The first-order chi connectivity index (χ1) is 41.8. The summed E-state index contributed by atoms with van der Waals surface area (Å²) in [5.41, 5.74) is 22.9. The Hall–Kier alpha value is -9.12. The van der Waals surface area contributed by atoms with Gasteiger partial charge in [-0.25, -0.2) is 0 Å². The lowest BCUT2D eigenvalue weighted by atomic mass is 9.86. The molecule has 0 aliphatic rings. The summed E-state index contributed by atoms with van der Waals surface area (Å²) < 4.78 is 0. The van der Waals surface area contributed by atoms with Crippen LogP contribution in [0.3, 0.4) is 0 Å². The number of anilines is 12. The number of aryl methyl sites for hydroxylation is 4. The molecule has 0 N–H and O–H groups in total. The smallest absolute Gasteiger partial charge is 0.0561 e. The number of benzene rings is 12. The maximum Gasteiger partial charge on any atom is 0.0561 e. The van der Waals surface area contributed by atoms with Gasteiger partial charge >= 0.3 is 0 Å². The summed E-state index contributed by atoms with van der Waals surface area (Å²) in [5.74, 6) is 0. The lowest BCUT2D eigenvalue weighted by molar-refractivity contribution is 0.590. The Morgan fingerprint density at radius 3 is 0.489 bits per heavy atom. The zero-order valence-electron chi connectivity index (χ0n) is 54.7. The molecule has 0 radical (unpaired) electrons. The summed E-state index contributed by atoms with van der Waals surface area (Å²) >= 11 is 0. The zero-order chi connectivity index (χ0) is 62.2. The number of hydrogen-bond donors (Lipinski definition) is 0. The van der Waals surface area contributed by atoms with Crippen molar-refractivity contribution in [3.8, 4) is 0 Å². The summed E-state index contributed by atoms with van der Waals surface area (Å²) in [5, 5.41) is 6.99. The van der Waals surface area contributed by atoms with Crippen molar-refractivity contribution in [2.45, 2.75) is 132 Å². The van der Waals surface area contributed by atoms with Crippen molar-refractivity contribution in [2.75, 3.05) is 19.6 Å². The molecule has 0 amide bonds. The Balaban J connectivity index is 1.28. The van der Waals surface area contributed by atoms with Crippen LogP contribution < -0.4 is 19.6 Å². The Kier molecular flexibility index (Phi) is 15.2. The monoisotopic (exact) mass is 1150 g/mol. The standard InChI is InChI=1S/C84H86N4/c1-55-17-33-63(34-18-55)85(64-35-19-56(2)20-36-64)75-53-77(87(67-41-25-59(26-42-67)81(5,6)7)68-43-27-60(28-44-68)82(8,9)10)73-52-50-72-76(86(65-37-21-57(3)22-38-65)66-39-23-58(4)24-40-66)54-78(74-51-49-71(75)79(73)80(72)74)88(69-45-29-61(30-46-69)83(11,12)13)70-47-31-62(32-48-70)84(14,15)16/h17-54H,1-16H3. The van der Waals surface area contributed by atoms with Crippen LogP contribution in [0.5, 0.6) is 0 Å². The average molecular weight is 1150 g/mol. The third-order valence-electron chi connectivity index (χ3n) is 17.9. The molecule has 0 aromatic heterocycles. The van der Waals surface area contributed by atoms with Crippen LogP contribution in [0.25, 0.3) is 32.3 Å². The van der Waals surface area contributed by atoms with Crippen LogP contribution in [0.4, 0.5) is 68.2 Å². The van der Waals surface area contributed by atoms with E-state index in [1.165, 1.54) is 55.3 Å². The predicted octanol–water partition coefficient (Wildman–Crippen LogP) is 24.9. The molecule has 0 saturated heterocycles. The highest BCUT2D eigenvalue weighted by Gasteiger charge is 2.30. The summed E-state index contributed by atoms with van der Waals surface area (Å²) in [6, 6.07) is 88.1. The summed E-state index contributed by atoms with van der Waals surface area (Å²) in [6.07, 6.45) is 0. The van der Waals surface area contributed by atoms with E-state index in [0.717, 1.165) is 89.8 Å². The molecule has 12 aromatic rings. The number of nitrogens with zero attached hydrogens (tertiary/aromatic N) is 4. The minimum Gasteiger partial charge on any atom is -0.310 e. The van der Waals surface area contributed by atoms with Crippen LogP contribution in [-0.4, -0.2) is 0 Å². The van der Waals surface area contributed by atoms with Gasteiger partial charge in [0.1, 0.15) is 0 Å². The molecule has 12 rings (SSSR count). The SMILES string of the molecule is Cc1ccc(N(c2ccc(C)cc2)c2cc(N(c3ccc(C(C)(C)C)cc3)c3ccc(C(C)(C)C)cc3)c3ccc4c(N(c5ccc(C)cc5)c5ccc(C)cc5)cc(N(c5ccc(C(C)(C)C)cc5)c5ccc(C(C)(C)C)cc5)c5ccc2c3c45)cc1. The van der Waals surface area contributed by atoms with E-state index < -0.39 is 0 Å². The average Bonchev–Trinajstić information content (AvgIpc) is 0.753. The van der Waals surface area contributed by atoms with Gasteiger partial charge in [0.25, 0.3) is 0 Å². The van der Waals surface area contributed by atoms with E-state index >= 15 is 0 Å². The van der Waals surface area contributed by atoms with Gasteiger partial charge in [0.15, 0.2) is 0 Å². The maximum atomic E-state index is 2.52. The maximum absolute atomic E-state index is 2.52. The van der Waals surface area contributed by atoms with Crippen molar-refractivity contribution >= 4 is 101 Å². The first kappa shape index (κ1) is 59.2. The van der Waals surface area contributed by atoms with Gasteiger partial charge in [0.05, 0.1) is 22.7 Å². The van der Waals surface area contributed by atoms with E-state index in [-0.39, 0.29) is 21.7 Å². The fraction of sp³-hybridized carbons (Fsp3) is 0.238. The molecule has 4 nitrogen and oxygen atoms in total. The fourth-order valence-corrected chi connectivity index (χ4v) is 12.6. The second kappa shape index (κ2) is 22.5. The van der Waals surface area contributed by atoms with E-state index in [0.29, 0.717) is 0 Å². The van der Waals surface area contributed by atoms with E-state index in [1.807, 2.05) is 0 Å². The van der Waals surface area contributed by atoms with Crippen molar-refractivity contribution < 1.29 is 0 Å². The molecular weight excluding hydrogens is 1060 g/mol. The molecule has 0 aliphatic carbocycles. The van der Waals surface area contributed by atoms with E-state index in [9.17, 15) is 0 Å². The van der Waals surface area contributed by atoms with E-state index in [2.05, 4.69) is 361 Å². The lowest BCUT2D eigenvalue weighted by Crippen LogP contribution is -2.17. The Labute approximate surface area is 524 Å². The minimum absolute atomic E-state index is 0.0297. The van der Waals surface area contributed by atoms with E-state index in [4.69, 9.17) is 0 Å². The second-order valence-electron chi connectivity index (χ2n) is 28.8. The highest BCUT2D eigenvalue weighted by molar-refractivity contribution is 6.33. The van der Waals surface area contributed by atoms with Gasteiger partial charge in [-0.15, -0.1) is 0 Å². The van der Waals surface area contributed by atoms with Gasteiger partial charge in [-0.2, -0.15) is 0 Å². The van der Waals surface area contributed by atoms with E-state index in [1.54, 1.807) is 0 Å². The Morgan fingerprint density at radius 2 is 0.341 bits per heavy atom. The molecule has 12 aromatic carbocycles. The minimum atomic E-state index is -0.0297. The molecular formula is C84H86N4. The summed E-state index contributed by atoms with van der Waals surface area (Å²) in [6.45, 7) is 36.3.